The van der Waals surface area contributed by atoms with Crippen LogP contribution in [0, 0.1) is 0 Å². The summed E-state index contributed by atoms with van der Waals surface area (Å²) >= 11 is 0. The maximum atomic E-state index is 6.58. The highest BCUT2D eigenvalue weighted by Crippen LogP contribution is 2.51. The van der Waals surface area contributed by atoms with E-state index in [1.807, 2.05) is 6.20 Å². The number of ether oxygens (including phenoxy) is 2. The Morgan fingerprint density at radius 1 is 0.975 bits per heavy atom. The van der Waals surface area contributed by atoms with Gasteiger partial charge >= 0.3 is 0 Å². The number of fused-ring (bicyclic) bond motifs is 1. The van der Waals surface area contributed by atoms with Gasteiger partial charge in [-0.1, -0.05) is 42.5 Å². The zero-order valence-electron chi connectivity index (χ0n) is 24.5. The van der Waals surface area contributed by atoms with Crippen LogP contribution >= 0.6 is 0 Å². The van der Waals surface area contributed by atoms with Crippen LogP contribution in [-0.4, -0.2) is 79.3 Å². The molecule has 1 saturated heterocycles. The number of hydrogen-bond acceptors (Lipinski definition) is 7. The van der Waals surface area contributed by atoms with Crippen molar-refractivity contribution in [1.82, 2.24) is 20.1 Å². The van der Waals surface area contributed by atoms with Crippen LogP contribution in [0.5, 0.6) is 11.6 Å². The van der Waals surface area contributed by atoms with Crippen LogP contribution in [0.3, 0.4) is 0 Å². The Morgan fingerprint density at radius 2 is 1.70 bits per heavy atom. The highest BCUT2D eigenvalue weighted by atomic mass is 16.5. The summed E-state index contributed by atoms with van der Waals surface area (Å²) in [5.41, 5.74) is 4.60. The minimum Gasteiger partial charge on any atom is -0.492 e. The van der Waals surface area contributed by atoms with Crippen molar-refractivity contribution >= 4 is 5.69 Å². The van der Waals surface area contributed by atoms with E-state index in [-0.39, 0.29) is 12.0 Å². The van der Waals surface area contributed by atoms with Gasteiger partial charge in [-0.3, -0.25) is 9.80 Å². The summed E-state index contributed by atoms with van der Waals surface area (Å²) in [4.78, 5) is 9.62. The average Bonchev–Trinajstić information content (AvgIpc) is 3.37. The third kappa shape index (κ3) is 6.77. The third-order valence-corrected chi connectivity index (χ3v) is 8.07. The van der Waals surface area contributed by atoms with E-state index in [0.717, 1.165) is 68.4 Å². The second kappa shape index (κ2) is 13.5. The second-order valence-electron chi connectivity index (χ2n) is 11.4. The molecule has 2 aliphatic rings. The lowest BCUT2D eigenvalue weighted by atomic mass is 9.85. The largest absolute Gasteiger partial charge is 0.492 e. The molecule has 0 saturated carbocycles. The number of rotatable bonds is 12. The van der Waals surface area contributed by atoms with Crippen molar-refractivity contribution in [3.05, 3.63) is 83.6 Å². The summed E-state index contributed by atoms with van der Waals surface area (Å²) in [6.07, 6.45) is 1.69. The summed E-state index contributed by atoms with van der Waals surface area (Å²) in [7, 11) is 0. The zero-order valence-corrected chi connectivity index (χ0v) is 24.5. The van der Waals surface area contributed by atoms with Gasteiger partial charge in [-0.15, -0.1) is 0 Å². The van der Waals surface area contributed by atoms with Crippen molar-refractivity contribution in [1.29, 1.82) is 0 Å². The van der Waals surface area contributed by atoms with E-state index >= 15 is 0 Å². The van der Waals surface area contributed by atoms with Gasteiger partial charge in [0.25, 0.3) is 0 Å². The SMILES string of the molecule is CC(C)N(CCOc1ccc(C2Oc3nccc(NCCN4CCNCC4)c3C2c2ccccc2)cc1)C(C)C. The Balaban J connectivity index is 1.31. The normalized spacial score (nSPS) is 19.2. The molecule has 3 aromatic rings. The van der Waals surface area contributed by atoms with Gasteiger partial charge in [-0.2, -0.15) is 0 Å². The fraction of sp³-hybridized carbons (Fsp3) is 0.485. The first-order valence-corrected chi connectivity index (χ1v) is 14.9. The van der Waals surface area contributed by atoms with Crippen LogP contribution in [0.1, 0.15) is 56.4 Å². The number of piperazine rings is 1. The topological polar surface area (TPSA) is 61.9 Å². The van der Waals surface area contributed by atoms with Gasteiger partial charge in [0.2, 0.25) is 5.88 Å². The lowest BCUT2D eigenvalue weighted by Crippen LogP contribution is -2.45. The molecule has 0 bridgehead atoms. The Hall–Kier alpha value is -3.13. The van der Waals surface area contributed by atoms with Crippen LogP contribution in [0.4, 0.5) is 5.69 Å². The summed E-state index contributed by atoms with van der Waals surface area (Å²) in [6.45, 7) is 16.8. The molecule has 2 unspecified atom stereocenters. The van der Waals surface area contributed by atoms with Crippen LogP contribution in [0.25, 0.3) is 0 Å². The van der Waals surface area contributed by atoms with E-state index in [9.17, 15) is 0 Å². The number of pyridine rings is 1. The lowest BCUT2D eigenvalue weighted by Gasteiger charge is -2.30. The fourth-order valence-electron chi connectivity index (χ4n) is 6.02. The number of nitrogens with zero attached hydrogens (tertiary/aromatic N) is 3. The molecule has 7 heteroatoms. The lowest BCUT2D eigenvalue weighted by molar-refractivity contribution is 0.142. The first kappa shape index (κ1) is 28.4. The van der Waals surface area contributed by atoms with E-state index in [2.05, 4.69) is 114 Å². The minimum absolute atomic E-state index is 0.0454. The predicted octanol–water partition coefficient (Wildman–Crippen LogP) is 5.16. The summed E-state index contributed by atoms with van der Waals surface area (Å²) in [5, 5.41) is 7.15. The Labute approximate surface area is 239 Å². The molecule has 2 atom stereocenters. The first-order chi connectivity index (χ1) is 19.5. The van der Waals surface area contributed by atoms with E-state index < -0.39 is 0 Å². The second-order valence-corrected chi connectivity index (χ2v) is 11.4. The molecule has 7 nitrogen and oxygen atoms in total. The monoisotopic (exact) mass is 543 g/mol. The number of benzene rings is 2. The third-order valence-electron chi connectivity index (χ3n) is 8.07. The summed E-state index contributed by atoms with van der Waals surface area (Å²) in [5.74, 6) is 1.65. The van der Waals surface area contributed by atoms with Gasteiger partial charge in [-0.05, 0) is 57.0 Å². The molecular formula is C33H45N5O2. The minimum atomic E-state index is -0.160. The Morgan fingerprint density at radius 3 is 2.40 bits per heavy atom. The van der Waals surface area contributed by atoms with Gasteiger partial charge < -0.3 is 20.1 Å². The highest BCUT2D eigenvalue weighted by molar-refractivity contribution is 5.62. The molecule has 40 heavy (non-hydrogen) atoms. The molecule has 1 fully saturated rings. The summed E-state index contributed by atoms with van der Waals surface area (Å²) in [6, 6.07) is 22.2. The van der Waals surface area contributed by atoms with E-state index in [0.29, 0.717) is 24.6 Å². The molecule has 0 radical (unpaired) electrons. The van der Waals surface area contributed by atoms with Crippen LogP contribution in [0.15, 0.2) is 66.9 Å². The molecule has 0 aliphatic carbocycles. The van der Waals surface area contributed by atoms with Crippen LogP contribution in [-0.2, 0) is 0 Å². The van der Waals surface area contributed by atoms with Crippen molar-refractivity contribution in [2.75, 3.05) is 57.7 Å². The molecule has 2 aliphatic heterocycles. The van der Waals surface area contributed by atoms with Crippen molar-refractivity contribution in [3.8, 4) is 11.6 Å². The molecule has 1 aromatic heterocycles. The van der Waals surface area contributed by atoms with Crippen LogP contribution in [0.2, 0.25) is 0 Å². The molecule has 3 heterocycles. The quantitative estimate of drug-likeness (QED) is 0.327. The maximum Gasteiger partial charge on any atom is 0.220 e. The van der Waals surface area contributed by atoms with Crippen LogP contribution < -0.4 is 20.1 Å². The molecule has 0 amide bonds. The first-order valence-electron chi connectivity index (χ1n) is 14.9. The maximum absolute atomic E-state index is 6.58. The zero-order chi connectivity index (χ0) is 27.9. The number of aromatic nitrogens is 1. The standard InChI is InChI=1S/C33H45N5O2/c1-24(2)38(25(3)4)22-23-39-28-12-10-27(11-13-28)32-30(26-8-6-5-7-9-26)31-29(14-15-36-33(31)40-32)35-18-21-37-19-16-34-17-20-37/h5-15,24-25,30,32,34H,16-23H2,1-4H3,(H,35,36). The fourth-order valence-corrected chi connectivity index (χ4v) is 6.02. The van der Waals surface area contributed by atoms with Gasteiger partial charge in [0.05, 0.1) is 5.92 Å². The number of nitrogens with one attached hydrogen (secondary N) is 2. The number of anilines is 1. The predicted molar refractivity (Wildman–Crippen MR) is 163 cm³/mol. The Kier molecular flexibility index (Phi) is 9.57. The molecule has 214 valence electrons. The summed E-state index contributed by atoms with van der Waals surface area (Å²) < 4.78 is 12.7. The molecule has 2 N–H and O–H groups in total. The van der Waals surface area contributed by atoms with Crippen molar-refractivity contribution in [2.24, 2.45) is 0 Å². The van der Waals surface area contributed by atoms with Crippen molar-refractivity contribution in [3.63, 3.8) is 0 Å². The molecule has 2 aromatic carbocycles. The van der Waals surface area contributed by atoms with Gasteiger partial charge in [-0.25, -0.2) is 4.98 Å². The van der Waals surface area contributed by atoms with Crippen molar-refractivity contribution in [2.45, 2.75) is 51.8 Å². The van der Waals surface area contributed by atoms with Gasteiger partial charge in [0, 0.05) is 75.3 Å². The highest BCUT2D eigenvalue weighted by Gasteiger charge is 2.39. The van der Waals surface area contributed by atoms with Gasteiger partial charge in [0.1, 0.15) is 18.5 Å². The van der Waals surface area contributed by atoms with E-state index in [4.69, 9.17) is 9.47 Å². The van der Waals surface area contributed by atoms with E-state index in [1.54, 1.807) is 0 Å². The smallest absolute Gasteiger partial charge is 0.220 e. The molecule has 5 rings (SSSR count). The van der Waals surface area contributed by atoms with Crippen molar-refractivity contribution < 1.29 is 9.47 Å². The molecular weight excluding hydrogens is 498 g/mol. The number of hydrogen-bond donors (Lipinski definition) is 2. The molecule has 0 spiro atoms. The van der Waals surface area contributed by atoms with Gasteiger partial charge in [0.15, 0.2) is 0 Å². The average molecular weight is 544 g/mol. The Bertz CT molecular complexity index is 1190. The van der Waals surface area contributed by atoms with E-state index in [1.165, 1.54) is 5.56 Å².